The van der Waals surface area contributed by atoms with Gasteiger partial charge >= 0.3 is 0 Å². The van der Waals surface area contributed by atoms with Crippen LogP contribution >= 0.6 is 11.6 Å². The molecule has 4 aromatic rings. The van der Waals surface area contributed by atoms with Crippen LogP contribution in [-0.4, -0.2) is 150 Å². The van der Waals surface area contributed by atoms with Gasteiger partial charge in [-0.05, 0) is 81.1 Å². The van der Waals surface area contributed by atoms with Crippen LogP contribution in [0.25, 0.3) is 0 Å². The number of hydrogen-bond donors (Lipinski definition) is 4. The molecule has 1 unspecified atom stereocenters. The van der Waals surface area contributed by atoms with Crippen molar-refractivity contribution in [2.45, 2.75) is 57.4 Å². The Bertz CT molecular complexity index is 2550. The molecule has 2 amide bonds. The fourth-order valence-electron chi connectivity index (χ4n) is 9.87. The fraction of sp³-hybridized carbons (Fsp3) is 0.500. The lowest BCUT2D eigenvalue weighted by molar-refractivity contribution is -0.134. The molecule has 20 heteroatoms. The number of piperazine rings is 2. The number of amides is 2. The highest BCUT2D eigenvalue weighted by Crippen LogP contribution is 2.39. The van der Waals surface area contributed by atoms with Crippen molar-refractivity contribution in [2.24, 2.45) is 0 Å². The second kappa shape index (κ2) is 21.9. The highest BCUT2D eigenvalue weighted by molar-refractivity contribution is 7.92. The third-order valence-corrected chi connectivity index (χ3v) is 14.4. The summed E-state index contributed by atoms with van der Waals surface area (Å²) in [6, 6.07) is 15.0. The number of nitrogens with one attached hydrogen (secondary N) is 4. The quantitative estimate of drug-likeness (QED) is 0.0903. The molecule has 0 bridgehead atoms. The molecule has 8 rings (SSSR count). The van der Waals surface area contributed by atoms with E-state index in [9.17, 15) is 18.0 Å². The van der Waals surface area contributed by atoms with Crippen molar-refractivity contribution < 1.29 is 31.9 Å². The average molecular weight is 977 g/mol. The number of benzene rings is 3. The molecule has 366 valence electrons. The molecule has 4 N–H and O–H groups in total. The molecule has 4 saturated heterocycles. The third kappa shape index (κ3) is 11.9. The van der Waals surface area contributed by atoms with Gasteiger partial charge in [-0.2, -0.15) is 4.98 Å². The molecule has 0 spiro atoms. The molecule has 17 nitrogen and oxygen atoms in total. The standard InChI is InChI=1S/C48H63ClFN11O6S/c1-5-32-28-40(53-48-51-31-37(49)46(55-48)52-39-8-6-9-42(66-2)45(39)56-68(4,64)65)43(67-3)30-41(32)61-18-14-33(15-19-61)59-24-20-57(21-25-59)16-7-17-58-22-26-60(27-23-58)34-10-11-35(38(50)29-34)36-12-13-44(62)54-47(36)63/h6,8-11,28-31,33,36,56H,5,7,12-27H2,1-4H3,(H,54,62,63)(H2,51,52,53,55). The summed E-state index contributed by atoms with van der Waals surface area (Å²) in [7, 11) is -0.512. The minimum atomic E-state index is -3.62. The molecule has 5 heterocycles. The Hall–Kier alpha value is -5.47. The first-order valence-electron chi connectivity index (χ1n) is 23.5. The molecule has 1 aromatic heterocycles. The van der Waals surface area contributed by atoms with Gasteiger partial charge in [-0.25, -0.2) is 17.8 Å². The number of aromatic nitrogens is 2. The first-order chi connectivity index (χ1) is 32.8. The minimum Gasteiger partial charge on any atom is -0.494 e. The van der Waals surface area contributed by atoms with E-state index < -0.39 is 21.8 Å². The van der Waals surface area contributed by atoms with Gasteiger partial charge in [-0.1, -0.05) is 30.7 Å². The van der Waals surface area contributed by atoms with Crippen molar-refractivity contribution in [3.05, 3.63) is 76.7 Å². The maximum atomic E-state index is 15.2. The van der Waals surface area contributed by atoms with Crippen LogP contribution in [0.1, 0.15) is 56.1 Å². The van der Waals surface area contributed by atoms with E-state index in [1.165, 1.54) is 18.9 Å². The van der Waals surface area contributed by atoms with E-state index in [0.717, 1.165) is 122 Å². The van der Waals surface area contributed by atoms with Gasteiger partial charge in [0.05, 0.1) is 44.0 Å². The van der Waals surface area contributed by atoms with Gasteiger partial charge in [0.1, 0.15) is 28.0 Å². The number of rotatable bonds is 17. The lowest BCUT2D eigenvalue weighted by Gasteiger charge is -2.43. The number of carbonyl (C=O) groups is 2. The molecule has 0 saturated carbocycles. The molecular formula is C48H63ClFN11O6S. The Labute approximate surface area is 403 Å². The number of anilines is 7. The van der Waals surface area contributed by atoms with E-state index >= 15 is 4.39 Å². The van der Waals surface area contributed by atoms with E-state index in [2.05, 4.69) is 74.2 Å². The molecule has 4 fully saturated rings. The number of nitrogens with zero attached hydrogens (tertiary/aromatic N) is 7. The topological polar surface area (TPSA) is 177 Å². The number of aryl methyl sites for hydroxylation is 1. The maximum absolute atomic E-state index is 15.2. The van der Waals surface area contributed by atoms with Crippen molar-refractivity contribution in [1.82, 2.24) is 30.0 Å². The van der Waals surface area contributed by atoms with E-state index in [1.54, 1.807) is 37.4 Å². The first kappa shape index (κ1) is 49.0. The normalized spacial score (nSPS) is 19.2. The van der Waals surface area contributed by atoms with E-state index in [0.29, 0.717) is 40.9 Å². The lowest BCUT2D eigenvalue weighted by atomic mass is 9.90. The molecule has 0 aliphatic carbocycles. The first-order valence-corrected chi connectivity index (χ1v) is 25.8. The zero-order valence-corrected chi connectivity index (χ0v) is 40.9. The third-order valence-electron chi connectivity index (χ3n) is 13.6. The Morgan fingerprint density at radius 2 is 1.54 bits per heavy atom. The monoisotopic (exact) mass is 975 g/mol. The molecular weight excluding hydrogens is 913 g/mol. The summed E-state index contributed by atoms with van der Waals surface area (Å²) >= 11 is 6.53. The van der Waals surface area contributed by atoms with Crippen molar-refractivity contribution in [3.63, 3.8) is 0 Å². The molecule has 4 aliphatic rings. The summed E-state index contributed by atoms with van der Waals surface area (Å²) in [6.45, 7) is 14.0. The molecule has 1 atom stereocenters. The van der Waals surface area contributed by atoms with Crippen LogP contribution in [0.4, 0.5) is 44.6 Å². The van der Waals surface area contributed by atoms with Crippen LogP contribution in [0.3, 0.4) is 0 Å². The number of piperidine rings is 2. The second-order valence-corrected chi connectivity index (χ2v) is 20.1. The van der Waals surface area contributed by atoms with Gasteiger partial charge in [0.25, 0.3) is 0 Å². The summed E-state index contributed by atoms with van der Waals surface area (Å²) in [5.41, 5.74) is 4.87. The number of sulfonamides is 1. The largest absolute Gasteiger partial charge is 0.494 e. The van der Waals surface area contributed by atoms with Crippen molar-refractivity contribution in [3.8, 4) is 11.5 Å². The van der Waals surface area contributed by atoms with Crippen LogP contribution in [0.15, 0.2) is 54.7 Å². The average Bonchev–Trinajstić information content (AvgIpc) is 3.33. The lowest BCUT2D eigenvalue weighted by Crippen LogP contribution is -2.53. The van der Waals surface area contributed by atoms with Crippen LogP contribution < -0.4 is 39.9 Å². The predicted molar refractivity (Wildman–Crippen MR) is 265 cm³/mol. The minimum absolute atomic E-state index is 0.224. The summed E-state index contributed by atoms with van der Waals surface area (Å²) in [4.78, 5) is 45.4. The van der Waals surface area contributed by atoms with Crippen LogP contribution in [0, 0.1) is 5.82 Å². The summed E-state index contributed by atoms with van der Waals surface area (Å²) in [6.07, 6.45) is 7.23. The number of ether oxygens (including phenoxy) is 2. The Morgan fingerprint density at radius 1 is 0.838 bits per heavy atom. The predicted octanol–water partition coefficient (Wildman–Crippen LogP) is 6.03. The molecule has 0 radical (unpaired) electrons. The number of imide groups is 1. The molecule has 4 aliphatic heterocycles. The van der Waals surface area contributed by atoms with Gasteiger partial charge in [0.15, 0.2) is 5.82 Å². The van der Waals surface area contributed by atoms with Gasteiger partial charge in [-0.3, -0.25) is 29.4 Å². The van der Waals surface area contributed by atoms with Crippen molar-refractivity contribution in [2.75, 3.05) is 124 Å². The Kier molecular flexibility index (Phi) is 15.7. The fourth-order valence-corrected chi connectivity index (χ4v) is 10.6. The van der Waals surface area contributed by atoms with Gasteiger partial charge in [0, 0.05) is 101 Å². The second-order valence-electron chi connectivity index (χ2n) is 17.9. The zero-order chi connectivity index (χ0) is 48.0. The van der Waals surface area contributed by atoms with E-state index in [1.807, 2.05) is 6.07 Å². The van der Waals surface area contributed by atoms with Gasteiger partial charge in [0.2, 0.25) is 27.8 Å². The molecule has 68 heavy (non-hydrogen) atoms. The van der Waals surface area contributed by atoms with Crippen LogP contribution in [-0.2, 0) is 26.0 Å². The van der Waals surface area contributed by atoms with E-state index in [4.69, 9.17) is 21.1 Å². The Balaban J connectivity index is 0.784. The van der Waals surface area contributed by atoms with Gasteiger partial charge < -0.3 is 34.8 Å². The summed E-state index contributed by atoms with van der Waals surface area (Å²) < 4.78 is 53.3. The number of carbonyl (C=O) groups excluding carboxylic acids is 2. The Morgan fingerprint density at radius 3 is 2.19 bits per heavy atom. The van der Waals surface area contributed by atoms with Crippen molar-refractivity contribution >= 4 is 73.6 Å². The van der Waals surface area contributed by atoms with Crippen LogP contribution in [0.2, 0.25) is 5.02 Å². The number of para-hydroxylation sites is 1. The summed E-state index contributed by atoms with van der Waals surface area (Å²) in [5, 5.41) is 9.02. The number of halogens is 2. The smallest absolute Gasteiger partial charge is 0.234 e. The SMILES string of the molecule is CCc1cc(Nc2ncc(Cl)c(Nc3cccc(OC)c3NS(C)(=O)=O)n2)c(OC)cc1N1CCC(N2CCN(CCCN3CCN(c4ccc(C5CCC(=O)NC5=O)c(F)c4)CC3)CC2)CC1. The highest BCUT2D eigenvalue weighted by atomic mass is 35.5. The van der Waals surface area contributed by atoms with Gasteiger partial charge in [-0.15, -0.1) is 0 Å². The molecule has 3 aromatic carbocycles. The number of methoxy groups -OCH3 is 2. The summed E-state index contributed by atoms with van der Waals surface area (Å²) in [5.74, 6) is -0.199. The van der Waals surface area contributed by atoms with Crippen molar-refractivity contribution in [1.29, 1.82) is 0 Å². The zero-order valence-electron chi connectivity index (χ0n) is 39.3. The maximum Gasteiger partial charge on any atom is 0.234 e. The number of hydrogen-bond acceptors (Lipinski definition) is 15. The van der Waals surface area contributed by atoms with E-state index in [-0.39, 0.29) is 40.6 Å². The van der Waals surface area contributed by atoms with Crippen LogP contribution in [0.5, 0.6) is 11.5 Å². The highest BCUT2D eigenvalue weighted by Gasteiger charge is 2.32.